The van der Waals surface area contributed by atoms with Crippen LogP contribution >= 0.6 is 0 Å². The zero-order valence-electron chi connectivity index (χ0n) is 20.9. The van der Waals surface area contributed by atoms with E-state index in [4.69, 9.17) is 0 Å². The molecule has 2 amide bonds. The second-order valence-electron chi connectivity index (χ2n) is 10.3. The second-order valence-corrected chi connectivity index (χ2v) is 10.3. The summed E-state index contributed by atoms with van der Waals surface area (Å²) in [6.45, 7) is 2.16. The van der Waals surface area contributed by atoms with Gasteiger partial charge in [-0.25, -0.2) is 4.39 Å². The van der Waals surface area contributed by atoms with E-state index < -0.39 is 5.54 Å². The molecule has 0 saturated heterocycles. The quantitative estimate of drug-likeness (QED) is 0.484. The van der Waals surface area contributed by atoms with E-state index in [0.29, 0.717) is 17.8 Å². The van der Waals surface area contributed by atoms with Gasteiger partial charge in [-0.15, -0.1) is 0 Å². The number of nitrogens with zero attached hydrogens (tertiary/aromatic N) is 2. The molecule has 1 aliphatic carbocycles. The monoisotopic (exact) mass is 487 g/mol. The maximum atomic E-state index is 14.7. The van der Waals surface area contributed by atoms with Crippen LogP contribution < -0.4 is 5.32 Å². The number of nitrogens with one attached hydrogen (secondary N) is 1. The van der Waals surface area contributed by atoms with Crippen molar-refractivity contribution < 1.29 is 14.0 Å². The second kappa shape index (κ2) is 10.3. The van der Waals surface area contributed by atoms with Crippen LogP contribution in [0.25, 0.3) is 11.3 Å². The highest BCUT2D eigenvalue weighted by atomic mass is 19.1. The third-order valence-corrected chi connectivity index (χ3v) is 7.79. The van der Waals surface area contributed by atoms with Crippen LogP contribution in [-0.2, 0) is 17.9 Å². The standard InChI is InChI=1S/C30H34FN3O2/c1-30(29(36)32-24-15-8-3-2-4-9-16-24)21-33-26(22-12-6-5-7-13-22)18-19-27(33)28(35)34(30)20-23-14-10-11-17-25(23)31/h5-7,10-14,17-19,24H,2-4,8-9,15-16,20-21H2,1H3,(H,32,36)/t30-/m1/s1. The van der Waals surface area contributed by atoms with Crippen molar-refractivity contribution in [1.29, 1.82) is 0 Å². The molecule has 1 aromatic heterocycles. The molecule has 6 heteroatoms. The number of carbonyl (C=O) groups is 2. The van der Waals surface area contributed by atoms with Crippen molar-refractivity contribution in [3.63, 3.8) is 0 Å². The van der Waals surface area contributed by atoms with Gasteiger partial charge in [-0.05, 0) is 43.5 Å². The molecule has 5 nitrogen and oxygen atoms in total. The van der Waals surface area contributed by atoms with E-state index in [1.807, 2.05) is 54.0 Å². The van der Waals surface area contributed by atoms with Gasteiger partial charge in [-0.3, -0.25) is 9.59 Å². The topological polar surface area (TPSA) is 54.3 Å². The van der Waals surface area contributed by atoms with E-state index >= 15 is 0 Å². The van der Waals surface area contributed by atoms with Gasteiger partial charge in [0.25, 0.3) is 5.91 Å². The van der Waals surface area contributed by atoms with E-state index in [1.165, 1.54) is 25.3 Å². The molecular weight excluding hydrogens is 453 g/mol. The normalized spacial score (nSPS) is 20.9. The lowest BCUT2D eigenvalue weighted by Gasteiger charge is -2.45. The van der Waals surface area contributed by atoms with Crippen LogP contribution in [0.2, 0.25) is 0 Å². The first-order valence-corrected chi connectivity index (χ1v) is 13.1. The lowest BCUT2D eigenvalue weighted by molar-refractivity contribution is -0.134. The molecule has 0 radical (unpaired) electrons. The summed E-state index contributed by atoms with van der Waals surface area (Å²) >= 11 is 0. The predicted molar refractivity (Wildman–Crippen MR) is 139 cm³/mol. The van der Waals surface area contributed by atoms with Gasteiger partial charge in [0.2, 0.25) is 5.91 Å². The molecule has 1 saturated carbocycles. The molecule has 2 aromatic carbocycles. The zero-order valence-corrected chi connectivity index (χ0v) is 20.9. The minimum absolute atomic E-state index is 0.0337. The van der Waals surface area contributed by atoms with Crippen LogP contribution in [0, 0.1) is 5.82 Å². The molecule has 5 rings (SSSR count). The van der Waals surface area contributed by atoms with E-state index in [0.717, 1.165) is 36.9 Å². The fraction of sp³-hybridized carbons (Fsp3) is 0.400. The van der Waals surface area contributed by atoms with E-state index in [1.54, 1.807) is 23.1 Å². The van der Waals surface area contributed by atoms with Crippen LogP contribution in [0.1, 0.15) is 67.9 Å². The molecule has 1 N–H and O–H groups in total. The lowest BCUT2D eigenvalue weighted by Crippen LogP contribution is -2.64. The Kier molecular flexibility index (Phi) is 6.95. The van der Waals surface area contributed by atoms with Crippen LogP contribution in [0.15, 0.2) is 66.7 Å². The van der Waals surface area contributed by atoms with Gasteiger partial charge in [0.1, 0.15) is 17.1 Å². The molecule has 3 aromatic rings. The van der Waals surface area contributed by atoms with Crippen molar-refractivity contribution in [2.45, 2.75) is 76.5 Å². The number of halogens is 1. The average Bonchev–Trinajstić information content (AvgIpc) is 3.28. The van der Waals surface area contributed by atoms with Gasteiger partial charge in [0, 0.05) is 17.3 Å². The summed E-state index contributed by atoms with van der Waals surface area (Å²) in [6.07, 6.45) is 7.73. The van der Waals surface area contributed by atoms with E-state index in [9.17, 15) is 14.0 Å². The first-order chi connectivity index (χ1) is 17.5. The summed E-state index contributed by atoms with van der Waals surface area (Å²) < 4.78 is 16.6. The van der Waals surface area contributed by atoms with E-state index in [-0.39, 0.29) is 30.2 Å². The Balaban J connectivity index is 1.52. The number of amides is 2. The number of rotatable bonds is 5. The first kappa shape index (κ1) is 24.3. The first-order valence-electron chi connectivity index (χ1n) is 13.1. The molecule has 1 atom stereocenters. The molecular formula is C30H34FN3O2. The zero-order chi connectivity index (χ0) is 25.1. The summed E-state index contributed by atoms with van der Waals surface area (Å²) in [7, 11) is 0. The third kappa shape index (κ3) is 4.69. The minimum Gasteiger partial charge on any atom is -0.351 e. The van der Waals surface area contributed by atoms with Crippen LogP contribution in [0.4, 0.5) is 4.39 Å². The summed E-state index contributed by atoms with van der Waals surface area (Å²) in [5.74, 6) is -0.808. The fourth-order valence-electron chi connectivity index (χ4n) is 5.62. The highest BCUT2D eigenvalue weighted by Gasteiger charge is 2.48. The van der Waals surface area contributed by atoms with Gasteiger partial charge in [0.05, 0.1) is 13.1 Å². The number of hydrogen-bond donors (Lipinski definition) is 1. The summed E-state index contributed by atoms with van der Waals surface area (Å²) in [5, 5.41) is 3.29. The molecule has 0 bridgehead atoms. The van der Waals surface area contributed by atoms with Gasteiger partial charge in [-0.1, -0.05) is 80.6 Å². The lowest BCUT2D eigenvalue weighted by atomic mass is 9.91. The maximum absolute atomic E-state index is 14.7. The number of fused-ring (bicyclic) bond motifs is 1. The largest absolute Gasteiger partial charge is 0.351 e. The van der Waals surface area contributed by atoms with Crippen molar-refractivity contribution in [2.24, 2.45) is 0 Å². The fourth-order valence-corrected chi connectivity index (χ4v) is 5.62. The van der Waals surface area contributed by atoms with E-state index in [2.05, 4.69) is 5.32 Å². The Bertz CT molecular complexity index is 1230. The van der Waals surface area contributed by atoms with Gasteiger partial charge in [0.15, 0.2) is 0 Å². The Hall–Kier alpha value is -3.41. The van der Waals surface area contributed by atoms with Crippen LogP contribution in [-0.4, -0.2) is 32.9 Å². The Morgan fingerprint density at radius 3 is 2.28 bits per heavy atom. The molecule has 1 fully saturated rings. The van der Waals surface area contributed by atoms with Crippen LogP contribution in [0.3, 0.4) is 0 Å². The summed E-state index contributed by atoms with van der Waals surface area (Å²) in [6, 6.07) is 20.2. The molecule has 36 heavy (non-hydrogen) atoms. The average molecular weight is 488 g/mol. The predicted octanol–water partition coefficient (Wildman–Crippen LogP) is 5.94. The minimum atomic E-state index is -1.17. The highest BCUT2D eigenvalue weighted by molar-refractivity contribution is 6.00. The van der Waals surface area contributed by atoms with Gasteiger partial charge >= 0.3 is 0 Å². The number of aromatic nitrogens is 1. The third-order valence-electron chi connectivity index (χ3n) is 7.79. The van der Waals surface area contributed by atoms with Crippen molar-refractivity contribution in [1.82, 2.24) is 14.8 Å². The summed E-state index contributed by atoms with van der Waals surface area (Å²) in [4.78, 5) is 29.4. The molecule has 188 valence electrons. The molecule has 0 spiro atoms. The molecule has 2 heterocycles. The smallest absolute Gasteiger partial charge is 0.271 e. The van der Waals surface area contributed by atoms with Gasteiger partial charge in [-0.2, -0.15) is 0 Å². The van der Waals surface area contributed by atoms with Crippen molar-refractivity contribution in [3.05, 3.63) is 83.8 Å². The highest BCUT2D eigenvalue weighted by Crippen LogP contribution is 2.34. The van der Waals surface area contributed by atoms with Crippen LogP contribution in [0.5, 0.6) is 0 Å². The molecule has 0 unspecified atom stereocenters. The number of carbonyl (C=O) groups excluding carboxylic acids is 2. The number of benzene rings is 2. The van der Waals surface area contributed by atoms with Crippen molar-refractivity contribution >= 4 is 11.8 Å². The SMILES string of the molecule is C[C@]1(C(=O)NC2CCCCCCC2)Cn2c(ccc2-c2ccccc2)C(=O)N1Cc1ccccc1F. The Morgan fingerprint density at radius 1 is 0.917 bits per heavy atom. The maximum Gasteiger partial charge on any atom is 0.271 e. The van der Waals surface area contributed by atoms with Gasteiger partial charge < -0.3 is 14.8 Å². The Labute approximate surface area is 212 Å². The number of hydrogen-bond acceptors (Lipinski definition) is 2. The summed E-state index contributed by atoms with van der Waals surface area (Å²) in [5.41, 5.74) is 1.63. The van der Waals surface area contributed by atoms with Crippen molar-refractivity contribution in [2.75, 3.05) is 0 Å². The molecule has 2 aliphatic rings. The van der Waals surface area contributed by atoms with Crippen molar-refractivity contribution in [3.8, 4) is 11.3 Å². The molecule has 1 aliphatic heterocycles. The Morgan fingerprint density at radius 2 is 1.56 bits per heavy atom.